The maximum absolute atomic E-state index is 11.6. The second-order valence-corrected chi connectivity index (χ2v) is 4.20. The lowest BCUT2D eigenvalue weighted by atomic mass is 10.0. The van der Waals surface area contributed by atoms with E-state index in [0.29, 0.717) is 6.54 Å². The molecule has 0 spiro atoms. The minimum absolute atomic E-state index is 0.00803. The molecule has 0 bridgehead atoms. The number of ether oxygens (including phenoxy) is 1. The number of hydrogen-bond acceptors (Lipinski definition) is 5. The summed E-state index contributed by atoms with van der Waals surface area (Å²) < 4.78 is 4.99. The summed E-state index contributed by atoms with van der Waals surface area (Å²) >= 11 is 0. The van der Waals surface area contributed by atoms with Crippen molar-refractivity contribution in [3.05, 3.63) is 16.7 Å². The van der Waals surface area contributed by atoms with Crippen molar-refractivity contribution >= 4 is 11.8 Å². The molecule has 1 rings (SSSR count). The van der Waals surface area contributed by atoms with Crippen LogP contribution in [0.5, 0.6) is 5.75 Å². The Kier molecular flexibility index (Phi) is 3.95. The number of aromatic amines is 1. The molecule has 0 aliphatic heterocycles. The lowest BCUT2D eigenvalue weighted by Crippen LogP contribution is -2.51. The maximum Gasteiger partial charge on any atom is 0.329 e. The average molecular weight is 255 g/mol. The molecule has 0 aliphatic carbocycles. The van der Waals surface area contributed by atoms with E-state index >= 15 is 0 Å². The molecule has 18 heavy (non-hydrogen) atoms. The fraction of sp³-hybridized carbons (Fsp3) is 0.545. The normalized spacial score (nSPS) is 11.1. The van der Waals surface area contributed by atoms with Crippen LogP contribution in [0.1, 0.15) is 20.8 Å². The van der Waals surface area contributed by atoms with Crippen molar-refractivity contribution in [1.82, 2.24) is 9.97 Å². The Morgan fingerprint density at radius 1 is 1.61 bits per heavy atom. The molecule has 0 atom stereocenters. The van der Waals surface area contributed by atoms with E-state index in [0.717, 1.165) is 0 Å². The number of nitrogens with one attached hydrogen (secondary N) is 1. The summed E-state index contributed by atoms with van der Waals surface area (Å²) in [6.07, 6.45) is 1.22. The number of anilines is 1. The topological polar surface area (TPSA) is 95.5 Å². The zero-order valence-electron chi connectivity index (χ0n) is 10.9. The van der Waals surface area contributed by atoms with Gasteiger partial charge in [0.25, 0.3) is 5.56 Å². The quantitative estimate of drug-likeness (QED) is 0.794. The first kappa shape index (κ1) is 14.0. The van der Waals surface area contributed by atoms with Gasteiger partial charge in [-0.3, -0.25) is 4.79 Å². The van der Waals surface area contributed by atoms with Crippen LogP contribution >= 0.6 is 0 Å². The van der Waals surface area contributed by atoms with Gasteiger partial charge in [-0.1, -0.05) is 0 Å². The Labute approximate surface area is 104 Å². The van der Waals surface area contributed by atoms with Gasteiger partial charge in [0, 0.05) is 6.54 Å². The van der Waals surface area contributed by atoms with Crippen LogP contribution in [-0.2, 0) is 4.79 Å². The number of carbonyl (C=O) groups is 1. The first-order chi connectivity index (χ1) is 8.36. The second kappa shape index (κ2) is 5.07. The number of methoxy groups -OCH3 is 1. The highest BCUT2D eigenvalue weighted by molar-refractivity contribution is 5.82. The molecule has 1 aromatic heterocycles. The van der Waals surface area contributed by atoms with E-state index in [1.165, 1.54) is 18.3 Å². The number of nitrogens with zero attached hydrogens (tertiary/aromatic N) is 2. The first-order valence-corrected chi connectivity index (χ1v) is 5.49. The molecule has 7 heteroatoms. The van der Waals surface area contributed by atoms with E-state index < -0.39 is 17.1 Å². The van der Waals surface area contributed by atoms with E-state index in [1.807, 2.05) is 0 Å². The number of aromatic nitrogens is 2. The van der Waals surface area contributed by atoms with Gasteiger partial charge in [-0.25, -0.2) is 9.78 Å². The molecule has 0 radical (unpaired) electrons. The van der Waals surface area contributed by atoms with Crippen molar-refractivity contribution < 1.29 is 14.6 Å². The summed E-state index contributed by atoms with van der Waals surface area (Å²) in [6, 6.07) is 0. The standard InChI is InChI=1S/C11H17N3O4/c1-5-14(11(2,3)10(16)17)8-7(18-4)9(15)13-6-12-8/h6H,5H2,1-4H3,(H,16,17)(H,12,13,15). The summed E-state index contributed by atoms with van der Waals surface area (Å²) in [5.74, 6) is -0.779. The van der Waals surface area contributed by atoms with Crippen LogP contribution in [0.3, 0.4) is 0 Å². The van der Waals surface area contributed by atoms with Crippen molar-refractivity contribution in [3.8, 4) is 5.75 Å². The van der Waals surface area contributed by atoms with Crippen LogP contribution in [0, 0.1) is 0 Å². The highest BCUT2D eigenvalue weighted by Gasteiger charge is 2.36. The van der Waals surface area contributed by atoms with E-state index in [-0.39, 0.29) is 11.6 Å². The Balaban J connectivity index is 3.39. The summed E-state index contributed by atoms with van der Waals surface area (Å²) in [7, 11) is 1.34. The van der Waals surface area contributed by atoms with Gasteiger partial charge in [-0.15, -0.1) is 0 Å². The molecule has 0 saturated heterocycles. The number of aliphatic carboxylic acids is 1. The summed E-state index contributed by atoms with van der Waals surface area (Å²) in [5, 5.41) is 9.24. The van der Waals surface area contributed by atoms with Gasteiger partial charge in [0.05, 0.1) is 13.4 Å². The molecular formula is C11H17N3O4. The molecule has 2 N–H and O–H groups in total. The molecule has 7 nitrogen and oxygen atoms in total. The van der Waals surface area contributed by atoms with Gasteiger partial charge in [-0.2, -0.15) is 0 Å². The van der Waals surface area contributed by atoms with Crippen LogP contribution < -0.4 is 15.2 Å². The van der Waals surface area contributed by atoms with Gasteiger partial charge < -0.3 is 19.7 Å². The van der Waals surface area contributed by atoms with Gasteiger partial charge in [0.1, 0.15) is 5.54 Å². The Hall–Kier alpha value is -2.05. The minimum Gasteiger partial charge on any atom is -0.489 e. The largest absolute Gasteiger partial charge is 0.489 e. The summed E-state index contributed by atoms with van der Waals surface area (Å²) in [5.41, 5.74) is -1.63. The van der Waals surface area contributed by atoms with Crippen molar-refractivity contribution in [1.29, 1.82) is 0 Å². The molecule has 0 aliphatic rings. The zero-order valence-corrected chi connectivity index (χ0v) is 10.9. The third-order valence-electron chi connectivity index (χ3n) is 2.77. The lowest BCUT2D eigenvalue weighted by molar-refractivity contribution is -0.142. The van der Waals surface area contributed by atoms with Crippen LogP contribution in [0.15, 0.2) is 11.1 Å². The monoisotopic (exact) mass is 255 g/mol. The Morgan fingerprint density at radius 2 is 2.22 bits per heavy atom. The number of rotatable bonds is 5. The number of likely N-dealkylation sites (N-methyl/N-ethyl adjacent to an activating group) is 1. The average Bonchev–Trinajstić information content (AvgIpc) is 2.29. The highest BCUT2D eigenvalue weighted by atomic mass is 16.5. The molecule has 0 amide bonds. The summed E-state index contributed by atoms with van der Waals surface area (Å²) in [4.78, 5) is 30.8. The minimum atomic E-state index is -1.19. The second-order valence-electron chi connectivity index (χ2n) is 4.20. The van der Waals surface area contributed by atoms with Crippen molar-refractivity contribution in [2.24, 2.45) is 0 Å². The fourth-order valence-corrected chi connectivity index (χ4v) is 1.68. The zero-order chi connectivity index (χ0) is 13.9. The van der Waals surface area contributed by atoms with Gasteiger partial charge in [0.2, 0.25) is 5.75 Å². The first-order valence-electron chi connectivity index (χ1n) is 5.49. The molecule has 0 saturated carbocycles. The molecule has 0 aromatic carbocycles. The Bertz CT molecular complexity index is 495. The van der Waals surface area contributed by atoms with Gasteiger partial charge >= 0.3 is 5.97 Å². The van der Waals surface area contributed by atoms with Crippen molar-refractivity contribution in [3.63, 3.8) is 0 Å². The predicted molar refractivity (Wildman–Crippen MR) is 66.1 cm³/mol. The van der Waals surface area contributed by atoms with E-state index in [2.05, 4.69) is 9.97 Å². The van der Waals surface area contributed by atoms with Crippen molar-refractivity contribution in [2.75, 3.05) is 18.6 Å². The van der Waals surface area contributed by atoms with Gasteiger partial charge in [0.15, 0.2) is 5.82 Å². The van der Waals surface area contributed by atoms with Gasteiger partial charge in [-0.05, 0) is 20.8 Å². The van der Waals surface area contributed by atoms with Crippen LogP contribution in [0.2, 0.25) is 0 Å². The van der Waals surface area contributed by atoms with Crippen LogP contribution in [-0.4, -0.2) is 40.2 Å². The third-order valence-corrected chi connectivity index (χ3v) is 2.77. The van der Waals surface area contributed by atoms with Crippen LogP contribution in [0.25, 0.3) is 0 Å². The van der Waals surface area contributed by atoms with Crippen LogP contribution in [0.4, 0.5) is 5.82 Å². The molecule has 1 aromatic rings. The number of H-pyrrole nitrogens is 1. The predicted octanol–water partition coefficient (Wildman–Crippen LogP) is 0.468. The molecule has 1 heterocycles. The van der Waals surface area contributed by atoms with Crippen molar-refractivity contribution in [2.45, 2.75) is 26.3 Å². The maximum atomic E-state index is 11.6. The van der Waals surface area contributed by atoms with E-state index in [9.17, 15) is 14.7 Å². The molecular weight excluding hydrogens is 238 g/mol. The third kappa shape index (κ3) is 2.29. The summed E-state index contributed by atoms with van der Waals surface area (Å²) in [6.45, 7) is 5.25. The SMILES string of the molecule is CCN(c1nc[nH]c(=O)c1OC)C(C)(C)C(=O)O. The number of carboxylic acid groups (broad SMARTS) is 1. The number of hydrogen-bond donors (Lipinski definition) is 2. The Morgan fingerprint density at radius 3 is 2.67 bits per heavy atom. The number of carboxylic acids is 1. The smallest absolute Gasteiger partial charge is 0.329 e. The lowest BCUT2D eigenvalue weighted by Gasteiger charge is -2.35. The molecule has 0 fully saturated rings. The molecule has 0 unspecified atom stereocenters. The highest BCUT2D eigenvalue weighted by Crippen LogP contribution is 2.27. The van der Waals surface area contributed by atoms with E-state index in [1.54, 1.807) is 20.8 Å². The van der Waals surface area contributed by atoms with E-state index in [4.69, 9.17) is 4.74 Å². The fourth-order valence-electron chi connectivity index (χ4n) is 1.68. The molecule has 100 valence electrons.